The van der Waals surface area contributed by atoms with Crippen molar-refractivity contribution in [2.24, 2.45) is 0 Å². The fraction of sp³-hybridized carbons (Fsp3) is 0.276. The van der Waals surface area contributed by atoms with Crippen LogP contribution < -0.4 is 14.8 Å². The van der Waals surface area contributed by atoms with Crippen LogP contribution in [0.3, 0.4) is 0 Å². The van der Waals surface area contributed by atoms with Crippen LogP contribution in [0.1, 0.15) is 46.1 Å². The number of nitrogens with zero attached hydrogens (tertiary/aromatic N) is 2. The number of ether oxygens (including phenoxy) is 2. The minimum atomic E-state index is -0.724. The van der Waals surface area contributed by atoms with E-state index in [-0.39, 0.29) is 0 Å². The Kier molecular flexibility index (Phi) is 6.31. The molecule has 0 saturated carbocycles. The lowest BCUT2D eigenvalue weighted by Gasteiger charge is -2.31. The number of hydrogen-bond donors (Lipinski definition) is 1. The predicted octanol–water partition coefficient (Wildman–Crippen LogP) is 6.85. The molecule has 2 amide bonds. The lowest BCUT2D eigenvalue weighted by molar-refractivity contribution is 0.194. The molecule has 2 aromatic carbocycles. The molecule has 0 radical (unpaired) electrons. The second-order valence-electron chi connectivity index (χ2n) is 9.53. The molecule has 38 heavy (non-hydrogen) atoms. The molecule has 0 spiro atoms. The van der Waals surface area contributed by atoms with Crippen molar-refractivity contribution in [1.82, 2.24) is 9.47 Å². The molecule has 3 heterocycles. The summed E-state index contributed by atoms with van der Waals surface area (Å²) in [5.74, 6) is -0.341. The number of halogens is 2. The highest BCUT2D eigenvalue weighted by Gasteiger charge is 2.36. The van der Waals surface area contributed by atoms with Gasteiger partial charge in [-0.05, 0) is 73.2 Å². The van der Waals surface area contributed by atoms with Crippen molar-refractivity contribution in [3.05, 3.63) is 93.6 Å². The SMILES string of the molecule is COc1ccc(NC(=O)N2Cc3c(sc4c3CCCC4)-n3cccc3[C@H]2c2cc(F)cc(F)c2)c(OC)c1. The molecule has 0 unspecified atom stereocenters. The van der Waals surface area contributed by atoms with Crippen molar-refractivity contribution in [3.63, 3.8) is 0 Å². The first kappa shape index (κ1) is 24.5. The highest BCUT2D eigenvalue weighted by atomic mass is 32.1. The molecule has 9 heteroatoms. The van der Waals surface area contributed by atoms with Crippen molar-refractivity contribution < 1.29 is 23.0 Å². The Bertz CT molecular complexity index is 1510. The third-order valence-electron chi connectivity index (χ3n) is 7.29. The first-order valence-corrected chi connectivity index (χ1v) is 13.3. The monoisotopic (exact) mass is 535 g/mol. The highest BCUT2D eigenvalue weighted by Crippen LogP contribution is 2.44. The van der Waals surface area contributed by atoms with Crippen LogP contribution >= 0.6 is 11.3 Å². The van der Waals surface area contributed by atoms with Gasteiger partial charge in [-0.3, -0.25) is 0 Å². The summed E-state index contributed by atoms with van der Waals surface area (Å²) in [5.41, 5.74) is 3.99. The number of rotatable bonds is 4. The number of thiophene rings is 1. The molecule has 0 bridgehead atoms. The van der Waals surface area contributed by atoms with Crippen molar-refractivity contribution >= 4 is 23.1 Å². The fourth-order valence-electron chi connectivity index (χ4n) is 5.56. The lowest BCUT2D eigenvalue weighted by atomic mass is 9.95. The van der Waals surface area contributed by atoms with E-state index >= 15 is 0 Å². The van der Waals surface area contributed by atoms with Crippen LogP contribution in [0.2, 0.25) is 0 Å². The Morgan fingerprint density at radius 3 is 2.55 bits per heavy atom. The molecule has 4 aromatic rings. The van der Waals surface area contributed by atoms with E-state index < -0.39 is 23.7 Å². The number of nitrogens with one attached hydrogen (secondary N) is 1. The molecule has 0 fully saturated rings. The minimum absolute atomic E-state index is 0.302. The molecule has 6 rings (SSSR count). The molecule has 0 saturated heterocycles. The Morgan fingerprint density at radius 1 is 1.00 bits per heavy atom. The molecular formula is C29H27F2N3O3S. The number of amides is 2. The van der Waals surface area contributed by atoms with Crippen molar-refractivity contribution in [1.29, 1.82) is 0 Å². The van der Waals surface area contributed by atoms with Gasteiger partial charge >= 0.3 is 6.03 Å². The highest BCUT2D eigenvalue weighted by molar-refractivity contribution is 7.15. The van der Waals surface area contributed by atoms with Crippen LogP contribution in [0.4, 0.5) is 19.3 Å². The molecular weight excluding hydrogens is 508 g/mol. The second-order valence-corrected chi connectivity index (χ2v) is 10.6. The standard InChI is InChI=1S/C29H27F2N3O3S/c1-36-20-9-10-23(25(15-20)37-2)32-29(35)34-16-22-21-6-3-4-8-26(21)38-28(22)33-11-5-7-24(33)27(34)17-12-18(30)14-19(31)13-17/h5,7,9-15,27H,3-4,6,8,16H2,1-2H3,(H,32,35)/t27-/m1/s1. The summed E-state index contributed by atoms with van der Waals surface area (Å²) >= 11 is 1.75. The van der Waals surface area contributed by atoms with Gasteiger partial charge in [-0.15, -0.1) is 11.3 Å². The lowest BCUT2D eigenvalue weighted by Crippen LogP contribution is -2.38. The maximum Gasteiger partial charge on any atom is 0.323 e. The number of fused-ring (bicyclic) bond motifs is 5. The van der Waals surface area contributed by atoms with E-state index in [0.717, 1.165) is 48.0 Å². The van der Waals surface area contributed by atoms with Gasteiger partial charge in [0.05, 0.1) is 32.1 Å². The van der Waals surface area contributed by atoms with E-state index in [1.54, 1.807) is 41.5 Å². The molecule has 196 valence electrons. The molecule has 6 nitrogen and oxygen atoms in total. The minimum Gasteiger partial charge on any atom is -0.497 e. The number of benzene rings is 2. The van der Waals surface area contributed by atoms with Crippen LogP contribution in [-0.4, -0.2) is 29.7 Å². The average Bonchev–Trinajstić information content (AvgIpc) is 3.50. The quantitative estimate of drug-likeness (QED) is 0.311. The van der Waals surface area contributed by atoms with Crippen molar-refractivity contribution in [3.8, 4) is 16.5 Å². The van der Waals surface area contributed by atoms with Crippen LogP contribution in [0.5, 0.6) is 11.5 Å². The zero-order valence-electron chi connectivity index (χ0n) is 21.1. The molecule has 1 aliphatic heterocycles. The number of methoxy groups -OCH3 is 2. The number of urea groups is 1. The first-order chi connectivity index (χ1) is 18.5. The van der Waals surface area contributed by atoms with Gasteiger partial charge in [0, 0.05) is 28.8 Å². The smallest absolute Gasteiger partial charge is 0.323 e. The van der Waals surface area contributed by atoms with Crippen LogP contribution in [0.15, 0.2) is 54.7 Å². The summed E-state index contributed by atoms with van der Waals surface area (Å²) in [6.07, 6.45) is 6.20. The van der Waals surface area contributed by atoms with E-state index in [1.807, 2.05) is 18.3 Å². The largest absolute Gasteiger partial charge is 0.497 e. The van der Waals surface area contributed by atoms with Gasteiger partial charge in [-0.2, -0.15) is 0 Å². The Morgan fingerprint density at radius 2 is 1.79 bits per heavy atom. The van der Waals surface area contributed by atoms with Gasteiger partial charge in [0.15, 0.2) is 0 Å². The third-order valence-corrected chi connectivity index (χ3v) is 8.62. The summed E-state index contributed by atoms with van der Waals surface area (Å²) in [7, 11) is 3.08. The summed E-state index contributed by atoms with van der Waals surface area (Å²) in [5, 5.41) is 4.04. The van der Waals surface area contributed by atoms with Gasteiger partial charge in [-0.1, -0.05) is 0 Å². The predicted molar refractivity (Wildman–Crippen MR) is 143 cm³/mol. The fourth-order valence-corrected chi connectivity index (χ4v) is 6.96. The van der Waals surface area contributed by atoms with Gasteiger partial charge < -0.3 is 24.3 Å². The van der Waals surface area contributed by atoms with E-state index in [1.165, 1.54) is 29.7 Å². The number of aryl methyl sites for hydroxylation is 1. The van der Waals surface area contributed by atoms with E-state index in [2.05, 4.69) is 9.88 Å². The first-order valence-electron chi connectivity index (χ1n) is 12.5. The van der Waals surface area contributed by atoms with Gasteiger partial charge in [0.1, 0.15) is 34.2 Å². The number of hydrogen-bond acceptors (Lipinski definition) is 4. The Hall–Kier alpha value is -3.85. The molecule has 1 N–H and O–H groups in total. The molecule has 2 aliphatic rings. The molecule has 2 aromatic heterocycles. The molecule has 1 aliphatic carbocycles. The molecule has 1 atom stereocenters. The van der Waals surface area contributed by atoms with Crippen molar-refractivity contribution in [2.45, 2.75) is 38.3 Å². The van der Waals surface area contributed by atoms with Gasteiger partial charge in [0.25, 0.3) is 0 Å². The van der Waals surface area contributed by atoms with E-state index in [9.17, 15) is 13.6 Å². The number of anilines is 1. The zero-order chi connectivity index (χ0) is 26.4. The third kappa shape index (κ3) is 4.20. The normalized spacial score (nSPS) is 16.2. The van der Waals surface area contributed by atoms with Gasteiger partial charge in [0.2, 0.25) is 0 Å². The number of aromatic nitrogens is 1. The summed E-state index contributed by atoms with van der Waals surface area (Å²) < 4.78 is 41.8. The van der Waals surface area contributed by atoms with Gasteiger partial charge in [-0.25, -0.2) is 13.6 Å². The van der Waals surface area contributed by atoms with Crippen molar-refractivity contribution in [2.75, 3.05) is 19.5 Å². The zero-order valence-corrected chi connectivity index (χ0v) is 21.9. The maximum atomic E-state index is 14.5. The maximum absolute atomic E-state index is 14.5. The van der Waals surface area contributed by atoms with E-state index in [0.29, 0.717) is 29.3 Å². The van der Waals surface area contributed by atoms with Crippen LogP contribution in [-0.2, 0) is 19.4 Å². The average molecular weight is 536 g/mol. The number of carbonyl (C=O) groups is 1. The second kappa shape index (κ2) is 9.79. The topological polar surface area (TPSA) is 55.7 Å². The van der Waals surface area contributed by atoms with Crippen LogP contribution in [0.25, 0.3) is 5.00 Å². The Balaban J connectivity index is 1.49. The van der Waals surface area contributed by atoms with Crippen LogP contribution in [0, 0.1) is 11.6 Å². The summed E-state index contributed by atoms with van der Waals surface area (Å²) in [4.78, 5) is 17.1. The Labute approximate surface area is 223 Å². The summed E-state index contributed by atoms with van der Waals surface area (Å²) in [6.45, 7) is 0.302. The summed E-state index contributed by atoms with van der Waals surface area (Å²) in [6, 6.07) is 11.3. The van der Waals surface area contributed by atoms with E-state index in [4.69, 9.17) is 9.47 Å². The number of carbonyl (C=O) groups excluding carboxylic acids is 1.